The number of benzene rings is 1. The number of ether oxygens (including phenoxy) is 1. The first-order valence-corrected chi connectivity index (χ1v) is 12.9. The quantitative estimate of drug-likeness (QED) is 0.492. The molecule has 3 aromatic rings. The zero-order chi connectivity index (χ0) is 25.2. The molecular weight excluding hydrogens is 500 g/mol. The lowest BCUT2D eigenvalue weighted by molar-refractivity contribution is -0.135. The van der Waals surface area contributed by atoms with Crippen molar-refractivity contribution in [1.82, 2.24) is 25.2 Å². The van der Waals surface area contributed by atoms with Crippen molar-refractivity contribution in [2.24, 2.45) is 5.41 Å². The van der Waals surface area contributed by atoms with Gasteiger partial charge < -0.3 is 25.2 Å². The molecule has 0 radical (unpaired) electrons. The first-order valence-electron chi connectivity index (χ1n) is 12.9. The molecule has 1 aromatic carbocycles. The minimum atomic E-state index is -0.741. The van der Waals surface area contributed by atoms with Gasteiger partial charge >= 0.3 is 0 Å². The van der Waals surface area contributed by atoms with Gasteiger partial charge in [-0.1, -0.05) is 12.1 Å². The minimum Gasteiger partial charge on any atom is -0.374 e. The van der Waals surface area contributed by atoms with Gasteiger partial charge in [-0.05, 0) is 31.0 Å². The average Bonchev–Trinajstić information content (AvgIpc) is 3.78. The van der Waals surface area contributed by atoms with E-state index in [9.17, 15) is 10.1 Å². The number of anilines is 2. The van der Waals surface area contributed by atoms with Crippen LogP contribution in [-0.2, 0) is 9.53 Å². The van der Waals surface area contributed by atoms with Gasteiger partial charge in [-0.3, -0.25) is 9.78 Å². The highest BCUT2D eigenvalue weighted by atomic mass is 32.1. The largest absolute Gasteiger partial charge is 0.374 e. The number of nitriles is 1. The van der Waals surface area contributed by atoms with Crippen molar-refractivity contribution in [2.75, 3.05) is 62.6 Å². The molecule has 198 valence electrons. The zero-order valence-corrected chi connectivity index (χ0v) is 22.2. The molecule has 0 spiro atoms. The number of carbonyl (C=O) groups excluding carboxylic acids is 1. The van der Waals surface area contributed by atoms with E-state index in [0.717, 1.165) is 54.2 Å². The SMILES string of the molecule is N#CC1(C(=O)N2CCN(c3ccc(-c4cc5nccnc5c(NC[C@@H]5CNCCO5)n4)cc3)CC2)CC1.S. The number of nitrogens with one attached hydrogen (secondary N) is 2. The maximum Gasteiger partial charge on any atom is 0.243 e. The van der Waals surface area contributed by atoms with Crippen molar-refractivity contribution in [3.63, 3.8) is 0 Å². The molecule has 1 amide bonds. The van der Waals surface area contributed by atoms with E-state index in [1.54, 1.807) is 12.4 Å². The first kappa shape index (κ1) is 26.2. The molecule has 3 aliphatic rings. The van der Waals surface area contributed by atoms with Gasteiger partial charge in [-0.15, -0.1) is 0 Å². The van der Waals surface area contributed by atoms with Crippen LogP contribution in [0.1, 0.15) is 12.8 Å². The fourth-order valence-corrected chi connectivity index (χ4v) is 5.02. The Kier molecular flexibility index (Phi) is 7.65. The van der Waals surface area contributed by atoms with Crippen LogP contribution in [0.4, 0.5) is 11.5 Å². The van der Waals surface area contributed by atoms with E-state index in [0.29, 0.717) is 44.9 Å². The summed E-state index contributed by atoms with van der Waals surface area (Å²) in [7, 11) is 0. The highest BCUT2D eigenvalue weighted by Gasteiger charge is 2.52. The van der Waals surface area contributed by atoms with Gasteiger partial charge in [0.05, 0.1) is 30.0 Å². The van der Waals surface area contributed by atoms with E-state index >= 15 is 0 Å². The van der Waals surface area contributed by atoms with Gasteiger partial charge in [0.1, 0.15) is 10.9 Å². The average molecular weight is 533 g/mol. The Morgan fingerprint density at radius 3 is 2.61 bits per heavy atom. The lowest BCUT2D eigenvalue weighted by Crippen LogP contribution is -2.50. The number of hydrogen-bond donors (Lipinski definition) is 2. The van der Waals surface area contributed by atoms with Crippen LogP contribution in [0.3, 0.4) is 0 Å². The van der Waals surface area contributed by atoms with Crippen molar-refractivity contribution in [3.8, 4) is 17.3 Å². The monoisotopic (exact) mass is 532 g/mol. The van der Waals surface area contributed by atoms with Crippen molar-refractivity contribution < 1.29 is 9.53 Å². The highest BCUT2D eigenvalue weighted by molar-refractivity contribution is 7.59. The summed E-state index contributed by atoms with van der Waals surface area (Å²) in [6.07, 6.45) is 4.85. The summed E-state index contributed by atoms with van der Waals surface area (Å²) in [5, 5.41) is 16.1. The molecule has 2 aromatic heterocycles. The van der Waals surface area contributed by atoms with Crippen LogP contribution in [0.2, 0.25) is 0 Å². The standard InChI is InChI=1S/C27H30N8O2.H2S/c28-18-27(5-6-27)26(36)35-12-10-34(11-13-35)20-3-1-19(2-4-20)22-15-23-24(31-8-7-30-23)25(33-22)32-17-21-16-29-9-14-37-21;/h1-4,7-8,15,21,29H,5-6,9-14,16-17H2,(H,32,33);1H2/t21-;/m0./s1. The van der Waals surface area contributed by atoms with Gasteiger partial charge in [0.2, 0.25) is 5.91 Å². The lowest BCUT2D eigenvalue weighted by Gasteiger charge is -2.37. The molecule has 0 bridgehead atoms. The first-order chi connectivity index (χ1) is 18.1. The summed E-state index contributed by atoms with van der Waals surface area (Å²) in [6.45, 7) is 5.82. The second kappa shape index (κ2) is 11.1. The Balaban J connectivity index is 0.00000294. The van der Waals surface area contributed by atoms with Crippen LogP contribution in [0, 0.1) is 16.7 Å². The predicted octanol–water partition coefficient (Wildman–Crippen LogP) is 2.16. The van der Waals surface area contributed by atoms with Crippen LogP contribution in [0.5, 0.6) is 0 Å². The minimum absolute atomic E-state index is 0. The molecule has 1 saturated carbocycles. The van der Waals surface area contributed by atoms with Gasteiger partial charge in [0.15, 0.2) is 5.82 Å². The molecule has 1 aliphatic carbocycles. The highest BCUT2D eigenvalue weighted by Crippen LogP contribution is 2.46. The van der Waals surface area contributed by atoms with Gasteiger partial charge in [-0.2, -0.15) is 18.8 Å². The summed E-state index contributed by atoms with van der Waals surface area (Å²) < 4.78 is 5.81. The van der Waals surface area contributed by atoms with Crippen LogP contribution in [0.25, 0.3) is 22.3 Å². The number of amides is 1. The number of morpholine rings is 1. The maximum absolute atomic E-state index is 12.7. The number of aromatic nitrogens is 3. The Bertz CT molecular complexity index is 1330. The number of hydrogen-bond acceptors (Lipinski definition) is 9. The predicted molar refractivity (Wildman–Crippen MR) is 150 cm³/mol. The summed E-state index contributed by atoms with van der Waals surface area (Å²) >= 11 is 0. The summed E-state index contributed by atoms with van der Waals surface area (Å²) in [5.74, 6) is 0.705. The van der Waals surface area contributed by atoms with E-state index in [-0.39, 0.29) is 25.5 Å². The summed E-state index contributed by atoms with van der Waals surface area (Å²) in [6, 6.07) is 12.5. The van der Waals surface area contributed by atoms with Gasteiger partial charge in [0, 0.05) is 69.5 Å². The molecule has 4 heterocycles. The lowest BCUT2D eigenvalue weighted by atomic mass is 10.1. The maximum atomic E-state index is 12.7. The Labute approximate surface area is 228 Å². The van der Waals surface area contributed by atoms with Crippen molar-refractivity contribution in [1.29, 1.82) is 5.26 Å². The van der Waals surface area contributed by atoms with Crippen LogP contribution in [-0.4, -0.2) is 84.3 Å². The van der Waals surface area contributed by atoms with Gasteiger partial charge in [0.25, 0.3) is 0 Å². The molecule has 3 fully saturated rings. The molecule has 6 rings (SSSR count). The fraction of sp³-hybridized carbons (Fsp3) is 0.444. The molecule has 2 aliphatic heterocycles. The normalized spacial score (nSPS) is 20.3. The zero-order valence-electron chi connectivity index (χ0n) is 21.2. The Hall–Kier alpha value is -3.46. The Morgan fingerprint density at radius 2 is 1.92 bits per heavy atom. The van der Waals surface area contributed by atoms with E-state index in [1.165, 1.54) is 0 Å². The second-order valence-electron chi connectivity index (χ2n) is 9.88. The number of fused-ring (bicyclic) bond motifs is 1. The van der Waals surface area contributed by atoms with E-state index in [1.807, 2.05) is 11.0 Å². The smallest absolute Gasteiger partial charge is 0.243 e. The molecule has 10 nitrogen and oxygen atoms in total. The van der Waals surface area contributed by atoms with Crippen LogP contribution < -0.4 is 15.5 Å². The molecule has 1 atom stereocenters. The van der Waals surface area contributed by atoms with E-state index in [2.05, 4.69) is 55.8 Å². The van der Waals surface area contributed by atoms with E-state index in [4.69, 9.17) is 9.72 Å². The molecule has 38 heavy (non-hydrogen) atoms. The summed E-state index contributed by atoms with van der Waals surface area (Å²) in [4.78, 5) is 30.7. The van der Waals surface area contributed by atoms with Crippen molar-refractivity contribution >= 4 is 41.9 Å². The molecule has 2 saturated heterocycles. The molecule has 11 heteroatoms. The number of pyridine rings is 1. The number of carbonyl (C=O) groups is 1. The third kappa shape index (κ3) is 5.25. The van der Waals surface area contributed by atoms with Crippen molar-refractivity contribution in [3.05, 3.63) is 42.7 Å². The number of piperazine rings is 1. The van der Waals surface area contributed by atoms with Gasteiger partial charge in [-0.25, -0.2) is 9.97 Å². The third-order valence-corrected chi connectivity index (χ3v) is 7.43. The molecule has 2 N–H and O–H groups in total. The fourth-order valence-electron chi connectivity index (χ4n) is 5.02. The van der Waals surface area contributed by atoms with Crippen molar-refractivity contribution in [2.45, 2.75) is 18.9 Å². The van der Waals surface area contributed by atoms with E-state index < -0.39 is 5.41 Å². The summed E-state index contributed by atoms with van der Waals surface area (Å²) in [5.41, 5.74) is 3.71. The van der Waals surface area contributed by atoms with Crippen LogP contribution >= 0.6 is 13.5 Å². The topological polar surface area (TPSA) is 119 Å². The van der Waals surface area contributed by atoms with Crippen LogP contribution in [0.15, 0.2) is 42.7 Å². The second-order valence-corrected chi connectivity index (χ2v) is 9.88. The molecule has 0 unspecified atom stereocenters. The molecular formula is C27H32N8O2S. The number of nitrogens with zero attached hydrogens (tertiary/aromatic N) is 6. The third-order valence-electron chi connectivity index (χ3n) is 7.43. The Morgan fingerprint density at radius 1 is 1.16 bits per heavy atom. The number of rotatable bonds is 6.